The van der Waals surface area contributed by atoms with E-state index >= 15 is 0 Å². The Morgan fingerprint density at radius 1 is 1.32 bits per heavy atom. The Morgan fingerprint density at radius 3 is 2.75 bits per heavy atom. The molecule has 160 valence electrons. The summed E-state index contributed by atoms with van der Waals surface area (Å²) in [6.45, 7) is 12.2. The fraction of sp³-hybridized carbons (Fsp3) is 0.750. The summed E-state index contributed by atoms with van der Waals surface area (Å²) in [6.07, 6.45) is 4.93. The molecule has 0 bridgehead atoms. The highest BCUT2D eigenvalue weighted by atomic mass is 127. The molecule has 1 aromatic rings. The maximum absolute atomic E-state index is 12.4. The molecule has 0 saturated carbocycles. The lowest BCUT2D eigenvalue weighted by atomic mass is 10.0. The minimum absolute atomic E-state index is 0. The van der Waals surface area contributed by atoms with Gasteiger partial charge in [0.05, 0.1) is 5.69 Å². The van der Waals surface area contributed by atoms with Crippen LogP contribution in [0.5, 0.6) is 0 Å². The summed E-state index contributed by atoms with van der Waals surface area (Å²) in [4.78, 5) is 19.1. The number of aryl methyl sites for hydroxylation is 3. The average molecular weight is 504 g/mol. The van der Waals surface area contributed by atoms with Crippen LogP contribution in [0.1, 0.15) is 57.3 Å². The lowest BCUT2D eigenvalue weighted by Crippen LogP contribution is -2.44. The predicted octanol–water partition coefficient (Wildman–Crippen LogP) is 2.85. The van der Waals surface area contributed by atoms with Gasteiger partial charge in [-0.25, -0.2) is 0 Å². The Hall–Kier alpha value is -1.32. The van der Waals surface area contributed by atoms with Crippen LogP contribution in [-0.2, 0) is 11.3 Å². The molecule has 1 aliphatic rings. The van der Waals surface area contributed by atoms with Crippen molar-refractivity contribution in [2.75, 3.05) is 26.2 Å². The van der Waals surface area contributed by atoms with Crippen molar-refractivity contribution in [3.8, 4) is 0 Å². The number of hydrogen-bond acceptors (Lipinski definition) is 3. The Morgan fingerprint density at radius 2 is 2.11 bits per heavy atom. The highest BCUT2D eigenvalue weighted by Gasteiger charge is 2.22. The van der Waals surface area contributed by atoms with Crippen LogP contribution in [-0.4, -0.2) is 58.8 Å². The number of amides is 1. The van der Waals surface area contributed by atoms with Gasteiger partial charge in [-0.2, -0.15) is 5.10 Å². The molecule has 1 amide bonds. The zero-order chi connectivity index (χ0) is 19.6. The van der Waals surface area contributed by atoms with E-state index in [0.717, 1.165) is 57.1 Å². The molecule has 1 atom stereocenters. The Labute approximate surface area is 186 Å². The smallest absolute Gasteiger partial charge is 0.224 e. The van der Waals surface area contributed by atoms with E-state index in [9.17, 15) is 4.79 Å². The van der Waals surface area contributed by atoms with Crippen LogP contribution < -0.4 is 10.6 Å². The number of aromatic nitrogens is 2. The summed E-state index contributed by atoms with van der Waals surface area (Å²) < 4.78 is 2.03. The Balaban J connectivity index is 0.00000392. The minimum Gasteiger partial charge on any atom is -0.357 e. The summed E-state index contributed by atoms with van der Waals surface area (Å²) in [5.74, 6) is 1.03. The van der Waals surface area contributed by atoms with Gasteiger partial charge in [-0.05, 0) is 59.4 Å². The molecule has 0 aliphatic carbocycles. The van der Waals surface area contributed by atoms with Gasteiger partial charge in [-0.15, -0.1) is 24.0 Å². The highest BCUT2D eigenvalue weighted by molar-refractivity contribution is 14.0. The number of carbonyl (C=O) groups excluding carboxylic acids is 1. The topological polar surface area (TPSA) is 74.5 Å². The monoisotopic (exact) mass is 504 g/mol. The van der Waals surface area contributed by atoms with E-state index in [1.807, 2.05) is 23.4 Å². The molecule has 1 saturated heterocycles. The summed E-state index contributed by atoms with van der Waals surface area (Å²) in [7, 11) is 0. The number of rotatable bonds is 8. The van der Waals surface area contributed by atoms with Gasteiger partial charge < -0.3 is 15.5 Å². The van der Waals surface area contributed by atoms with Gasteiger partial charge in [-0.3, -0.25) is 14.5 Å². The van der Waals surface area contributed by atoms with Gasteiger partial charge in [0.2, 0.25) is 5.91 Å². The highest BCUT2D eigenvalue weighted by Crippen LogP contribution is 2.16. The maximum Gasteiger partial charge on any atom is 0.224 e. The van der Waals surface area contributed by atoms with Gasteiger partial charge in [0.25, 0.3) is 0 Å². The van der Waals surface area contributed by atoms with Crippen molar-refractivity contribution in [2.45, 2.75) is 72.4 Å². The fourth-order valence-corrected chi connectivity index (χ4v) is 3.55. The molecule has 0 aromatic carbocycles. The summed E-state index contributed by atoms with van der Waals surface area (Å²) >= 11 is 0. The third-order valence-corrected chi connectivity index (χ3v) is 5.00. The first-order chi connectivity index (χ1) is 13.0. The van der Waals surface area contributed by atoms with Crippen LogP contribution in [0.2, 0.25) is 0 Å². The van der Waals surface area contributed by atoms with Crippen molar-refractivity contribution in [3.63, 3.8) is 0 Å². The van der Waals surface area contributed by atoms with E-state index in [1.54, 1.807) is 0 Å². The number of halogens is 1. The fourth-order valence-electron chi connectivity index (χ4n) is 3.55. The molecule has 1 aromatic heterocycles. The second-order valence-corrected chi connectivity index (χ2v) is 7.37. The molecule has 0 spiro atoms. The van der Waals surface area contributed by atoms with Gasteiger partial charge in [0.15, 0.2) is 5.96 Å². The second-order valence-electron chi connectivity index (χ2n) is 7.37. The summed E-state index contributed by atoms with van der Waals surface area (Å²) in [5.41, 5.74) is 2.24. The Bertz CT molecular complexity index is 630. The van der Waals surface area contributed by atoms with Crippen molar-refractivity contribution in [2.24, 2.45) is 4.99 Å². The summed E-state index contributed by atoms with van der Waals surface area (Å²) in [5, 5.41) is 11.0. The van der Waals surface area contributed by atoms with E-state index < -0.39 is 0 Å². The zero-order valence-corrected chi connectivity index (χ0v) is 20.2. The lowest BCUT2D eigenvalue weighted by Gasteiger charge is -2.33. The van der Waals surface area contributed by atoms with Crippen molar-refractivity contribution >= 4 is 35.8 Å². The van der Waals surface area contributed by atoms with Crippen LogP contribution in [0.15, 0.2) is 11.1 Å². The number of carbonyl (C=O) groups is 1. The standard InChI is InChI=1S/C20H36N6O.HI/c1-5-21-20(22-11-8-14-26-18(4)15-16(2)24-26)23-12-10-19(27)25-13-7-6-9-17(25)3;/h15,17H,5-14H2,1-4H3,(H2,21,22,23);1H. The molecule has 0 radical (unpaired) electrons. The molecule has 1 fully saturated rings. The number of likely N-dealkylation sites (tertiary alicyclic amines) is 1. The third kappa shape index (κ3) is 7.97. The van der Waals surface area contributed by atoms with Crippen LogP contribution in [0.25, 0.3) is 0 Å². The van der Waals surface area contributed by atoms with Gasteiger partial charge in [0.1, 0.15) is 0 Å². The Kier molecular flexibility index (Phi) is 11.5. The van der Waals surface area contributed by atoms with Gasteiger partial charge in [0, 0.05) is 50.9 Å². The largest absolute Gasteiger partial charge is 0.357 e. The third-order valence-electron chi connectivity index (χ3n) is 5.00. The molecular weight excluding hydrogens is 467 g/mol. The molecule has 7 nitrogen and oxygen atoms in total. The van der Waals surface area contributed by atoms with Crippen LogP contribution in [0.4, 0.5) is 0 Å². The number of aliphatic imine (C=N–C) groups is 1. The average Bonchev–Trinajstić information content (AvgIpc) is 2.96. The SMILES string of the molecule is CCNC(=NCCCn1nc(C)cc1C)NCCC(=O)N1CCCCC1C.I. The number of guanidine groups is 1. The first-order valence-electron chi connectivity index (χ1n) is 10.3. The van der Waals surface area contributed by atoms with Crippen LogP contribution in [0.3, 0.4) is 0 Å². The molecule has 8 heteroatoms. The number of piperidine rings is 1. The molecule has 2 rings (SSSR count). The van der Waals surface area contributed by atoms with Crippen molar-refractivity contribution in [1.82, 2.24) is 25.3 Å². The molecule has 1 aliphatic heterocycles. The van der Waals surface area contributed by atoms with E-state index in [-0.39, 0.29) is 29.9 Å². The maximum atomic E-state index is 12.4. The lowest BCUT2D eigenvalue weighted by molar-refractivity contribution is -0.134. The van der Waals surface area contributed by atoms with E-state index in [0.29, 0.717) is 19.0 Å². The molecule has 1 unspecified atom stereocenters. The molecule has 28 heavy (non-hydrogen) atoms. The quantitative estimate of drug-likeness (QED) is 0.247. The van der Waals surface area contributed by atoms with Gasteiger partial charge in [-0.1, -0.05) is 0 Å². The van der Waals surface area contributed by atoms with E-state index in [1.165, 1.54) is 12.1 Å². The van der Waals surface area contributed by atoms with Gasteiger partial charge >= 0.3 is 0 Å². The zero-order valence-electron chi connectivity index (χ0n) is 17.8. The second kappa shape index (κ2) is 13.0. The number of nitrogens with one attached hydrogen (secondary N) is 2. The van der Waals surface area contributed by atoms with Crippen molar-refractivity contribution < 1.29 is 4.79 Å². The molecule has 2 N–H and O–H groups in total. The van der Waals surface area contributed by atoms with Crippen molar-refractivity contribution in [3.05, 3.63) is 17.5 Å². The first kappa shape index (κ1) is 24.7. The molecule has 2 heterocycles. The molecular formula is C20H37IN6O. The number of nitrogens with zero attached hydrogens (tertiary/aromatic N) is 4. The first-order valence-corrected chi connectivity index (χ1v) is 10.3. The predicted molar refractivity (Wildman–Crippen MR) is 125 cm³/mol. The normalized spacial score (nSPS) is 17.2. The van der Waals surface area contributed by atoms with E-state index in [4.69, 9.17) is 0 Å². The van der Waals surface area contributed by atoms with Crippen LogP contribution in [0, 0.1) is 13.8 Å². The summed E-state index contributed by atoms with van der Waals surface area (Å²) in [6, 6.07) is 2.47. The van der Waals surface area contributed by atoms with Crippen molar-refractivity contribution in [1.29, 1.82) is 0 Å². The van der Waals surface area contributed by atoms with E-state index in [2.05, 4.69) is 40.6 Å². The van der Waals surface area contributed by atoms with Crippen LogP contribution >= 0.6 is 24.0 Å². The number of hydrogen-bond donors (Lipinski definition) is 2. The minimum atomic E-state index is 0.